The van der Waals surface area contributed by atoms with E-state index in [0.717, 1.165) is 43.0 Å². The summed E-state index contributed by atoms with van der Waals surface area (Å²) in [6.45, 7) is 1.36. The third-order valence-electron chi connectivity index (χ3n) is 5.14. The summed E-state index contributed by atoms with van der Waals surface area (Å²) in [5, 5.41) is 25.0. The van der Waals surface area contributed by atoms with E-state index in [1.807, 2.05) is 0 Å². The van der Waals surface area contributed by atoms with Gasteiger partial charge in [-0.05, 0) is 12.8 Å². The van der Waals surface area contributed by atoms with Gasteiger partial charge in [0.15, 0.2) is 5.82 Å². The van der Waals surface area contributed by atoms with Gasteiger partial charge in [-0.15, -0.1) is 26.6 Å². The van der Waals surface area contributed by atoms with Gasteiger partial charge in [-0.25, -0.2) is 4.98 Å². The summed E-state index contributed by atoms with van der Waals surface area (Å²) in [6.07, 6.45) is 9.55. The molecule has 31 heavy (non-hydrogen) atoms. The van der Waals surface area contributed by atoms with Crippen molar-refractivity contribution in [3.05, 3.63) is 41.3 Å². The number of methoxy groups -OCH3 is 1. The van der Waals surface area contributed by atoms with E-state index in [2.05, 4.69) is 40.4 Å². The maximum Gasteiger partial charge on any atom is 0.275 e. The number of thiazole rings is 1. The Labute approximate surface area is 181 Å². The fourth-order valence-electron chi connectivity index (χ4n) is 3.59. The molecule has 1 amide bonds. The van der Waals surface area contributed by atoms with Gasteiger partial charge in [0.05, 0.1) is 19.5 Å². The maximum absolute atomic E-state index is 12.7. The largest absolute Gasteiger partial charge is 0.478 e. The Morgan fingerprint density at radius 1 is 1.32 bits per heavy atom. The first kappa shape index (κ1) is 19.4. The number of aromatic amines is 1. The lowest BCUT2D eigenvalue weighted by Crippen LogP contribution is -2.12. The van der Waals surface area contributed by atoms with Gasteiger partial charge < -0.3 is 14.6 Å². The number of carbonyl (C=O) groups excluding carboxylic acids is 1. The minimum absolute atomic E-state index is 0.318. The molecule has 2 N–H and O–H groups in total. The van der Waals surface area contributed by atoms with Crippen molar-refractivity contribution in [3.8, 4) is 16.5 Å². The molecule has 160 valence electrons. The van der Waals surface area contributed by atoms with Crippen LogP contribution in [0.15, 0.2) is 24.0 Å². The van der Waals surface area contributed by atoms with Crippen molar-refractivity contribution < 1.29 is 9.53 Å². The van der Waals surface area contributed by atoms with Crippen LogP contribution in [0.25, 0.3) is 10.6 Å². The number of anilines is 1. The number of rotatable bonds is 6. The zero-order valence-corrected chi connectivity index (χ0v) is 17.7. The quantitative estimate of drug-likeness (QED) is 0.472. The molecule has 1 aliphatic heterocycles. The van der Waals surface area contributed by atoms with Crippen LogP contribution in [0.1, 0.15) is 41.4 Å². The number of nitrogens with one attached hydrogen (secondary N) is 2. The molecule has 4 aromatic rings. The van der Waals surface area contributed by atoms with Gasteiger partial charge in [0.1, 0.15) is 28.8 Å². The first-order chi connectivity index (χ1) is 15.2. The molecule has 0 fully saturated rings. The lowest BCUT2D eigenvalue weighted by Gasteiger charge is -2.06. The number of nitrogens with zero attached hydrogens (tertiary/aromatic N) is 7. The van der Waals surface area contributed by atoms with Crippen LogP contribution in [0.2, 0.25) is 0 Å². The fourth-order valence-corrected chi connectivity index (χ4v) is 4.37. The minimum Gasteiger partial charge on any atom is -0.478 e. The second-order valence-corrected chi connectivity index (χ2v) is 8.08. The van der Waals surface area contributed by atoms with Crippen LogP contribution in [-0.2, 0) is 19.5 Å². The fraction of sp³-hybridized carbons (Fsp3) is 0.368. The van der Waals surface area contributed by atoms with E-state index in [0.29, 0.717) is 28.8 Å². The van der Waals surface area contributed by atoms with Crippen LogP contribution in [0.3, 0.4) is 0 Å². The van der Waals surface area contributed by atoms with E-state index in [4.69, 9.17) is 4.74 Å². The first-order valence-electron chi connectivity index (χ1n) is 9.99. The average Bonchev–Trinajstić information content (AvgIpc) is 3.55. The van der Waals surface area contributed by atoms with Gasteiger partial charge in [0, 0.05) is 30.1 Å². The molecule has 5 rings (SSSR count). The van der Waals surface area contributed by atoms with Crippen molar-refractivity contribution in [1.82, 2.24) is 39.7 Å². The summed E-state index contributed by atoms with van der Waals surface area (Å²) in [7, 11) is 1.52. The normalized spacial score (nSPS) is 13.6. The van der Waals surface area contributed by atoms with E-state index >= 15 is 0 Å². The number of aromatic nitrogens is 8. The van der Waals surface area contributed by atoms with Crippen LogP contribution >= 0.6 is 11.3 Å². The smallest absolute Gasteiger partial charge is 0.275 e. The van der Waals surface area contributed by atoms with Crippen molar-refractivity contribution in [2.75, 3.05) is 12.4 Å². The molecule has 0 aromatic carbocycles. The molecule has 5 heterocycles. The van der Waals surface area contributed by atoms with Crippen molar-refractivity contribution in [2.45, 2.75) is 38.8 Å². The SMILES string of the molecule is COc1nn(Cc2nnc3n2CCCCC3)cc1NC(=O)c1csc(-c2cn[nH]c2)n1. The molecule has 0 radical (unpaired) electrons. The zero-order chi connectivity index (χ0) is 21.2. The molecular weight excluding hydrogens is 418 g/mol. The third kappa shape index (κ3) is 3.93. The number of hydrogen-bond acceptors (Lipinski definition) is 8. The molecule has 0 atom stereocenters. The Morgan fingerprint density at radius 3 is 3.10 bits per heavy atom. The Morgan fingerprint density at radius 2 is 2.26 bits per heavy atom. The highest BCUT2D eigenvalue weighted by molar-refractivity contribution is 7.13. The summed E-state index contributed by atoms with van der Waals surface area (Å²) in [5.41, 5.74) is 1.63. The van der Waals surface area contributed by atoms with E-state index in [1.165, 1.54) is 24.9 Å². The summed E-state index contributed by atoms with van der Waals surface area (Å²) in [5.74, 6) is 1.87. The molecule has 12 heteroatoms. The predicted molar refractivity (Wildman–Crippen MR) is 113 cm³/mol. The minimum atomic E-state index is -0.333. The number of hydrogen-bond donors (Lipinski definition) is 2. The molecule has 0 unspecified atom stereocenters. The third-order valence-corrected chi connectivity index (χ3v) is 6.03. The number of amides is 1. The average molecular weight is 440 g/mol. The molecule has 0 bridgehead atoms. The Bertz CT molecular complexity index is 1190. The topological polar surface area (TPSA) is 128 Å². The lowest BCUT2D eigenvalue weighted by molar-refractivity contribution is 0.102. The molecule has 11 nitrogen and oxygen atoms in total. The number of H-pyrrole nitrogens is 1. The molecular formula is C19H21N9O2S. The van der Waals surface area contributed by atoms with Crippen molar-refractivity contribution >= 4 is 22.9 Å². The number of ether oxygens (including phenoxy) is 1. The van der Waals surface area contributed by atoms with Crippen molar-refractivity contribution in [2.24, 2.45) is 0 Å². The van der Waals surface area contributed by atoms with E-state index in [1.54, 1.807) is 28.7 Å². The Balaban J connectivity index is 1.33. The maximum atomic E-state index is 12.7. The molecule has 0 saturated carbocycles. The number of carbonyl (C=O) groups is 1. The van der Waals surface area contributed by atoms with Gasteiger partial charge >= 0.3 is 0 Å². The highest BCUT2D eigenvalue weighted by atomic mass is 32.1. The molecule has 1 aliphatic rings. The van der Waals surface area contributed by atoms with Crippen molar-refractivity contribution in [1.29, 1.82) is 0 Å². The van der Waals surface area contributed by atoms with Crippen LogP contribution in [-0.4, -0.2) is 52.7 Å². The number of aryl methyl sites for hydroxylation is 1. The first-order valence-corrected chi connectivity index (χ1v) is 10.9. The van der Waals surface area contributed by atoms with Gasteiger partial charge in [-0.2, -0.15) is 5.10 Å². The Hall–Kier alpha value is -3.54. The van der Waals surface area contributed by atoms with E-state index in [-0.39, 0.29) is 5.91 Å². The van der Waals surface area contributed by atoms with Crippen LogP contribution in [0.4, 0.5) is 5.69 Å². The van der Waals surface area contributed by atoms with E-state index in [9.17, 15) is 4.79 Å². The van der Waals surface area contributed by atoms with Crippen LogP contribution in [0, 0.1) is 0 Å². The highest BCUT2D eigenvalue weighted by Crippen LogP contribution is 2.26. The molecule has 0 spiro atoms. The van der Waals surface area contributed by atoms with Gasteiger partial charge in [0.25, 0.3) is 11.8 Å². The molecule has 4 aromatic heterocycles. The summed E-state index contributed by atoms with van der Waals surface area (Å²) >= 11 is 1.38. The molecule has 0 aliphatic carbocycles. The standard InChI is InChI=1S/C19H21N9O2S/c1-30-18-13(22-17(29)14-11-31-19(23-14)12-7-20-21-8-12)9-27(26-18)10-16-25-24-15-5-3-2-4-6-28(15)16/h7-9,11H,2-6,10H2,1H3,(H,20,21)(H,22,29). The summed E-state index contributed by atoms with van der Waals surface area (Å²) in [4.78, 5) is 17.1. The summed E-state index contributed by atoms with van der Waals surface area (Å²) < 4.78 is 9.23. The highest BCUT2D eigenvalue weighted by Gasteiger charge is 2.19. The second kappa shape index (κ2) is 8.30. The van der Waals surface area contributed by atoms with Gasteiger partial charge in [-0.1, -0.05) is 6.42 Å². The van der Waals surface area contributed by atoms with Gasteiger partial charge in [-0.3, -0.25) is 14.6 Å². The second-order valence-electron chi connectivity index (χ2n) is 7.22. The van der Waals surface area contributed by atoms with Crippen LogP contribution < -0.4 is 10.1 Å². The summed E-state index contributed by atoms with van der Waals surface area (Å²) in [6, 6.07) is 0. The van der Waals surface area contributed by atoms with Crippen LogP contribution in [0.5, 0.6) is 5.88 Å². The number of fused-ring (bicyclic) bond motifs is 1. The Kier molecular flexibility index (Phi) is 5.20. The lowest BCUT2D eigenvalue weighted by atomic mass is 10.2. The van der Waals surface area contributed by atoms with Crippen molar-refractivity contribution in [3.63, 3.8) is 0 Å². The predicted octanol–water partition coefficient (Wildman–Crippen LogP) is 2.36. The monoisotopic (exact) mass is 439 g/mol. The van der Waals surface area contributed by atoms with E-state index < -0.39 is 0 Å². The van der Waals surface area contributed by atoms with Gasteiger partial charge in [0.2, 0.25) is 0 Å². The zero-order valence-electron chi connectivity index (χ0n) is 16.9. The molecule has 0 saturated heterocycles.